The molecule has 1 fully saturated rings. The molecule has 0 aliphatic carbocycles. The Balaban J connectivity index is 2.18. The fourth-order valence-corrected chi connectivity index (χ4v) is 4.78. The lowest BCUT2D eigenvalue weighted by Crippen LogP contribution is -2.58. The summed E-state index contributed by atoms with van der Waals surface area (Å²) in [6.45, 7) is 13.7. The maximum absolute atomic E-state index is 6.60. The highest BCUT2D eigenvalue weighted by molar-refractivity contribution is 7.80. The van der Waals surface area contributed by atoms with Crippen LogP contribution in [0.3, 0.4) is 0 Å². The van der Waals surface area contributed by atoms with Crippen LogP contribution in [0.2, 0.25) is 18.1 Å². The average Bonchev–Trinajstić information content (AvgIpc) is 2.42. The van der Waals surface area contributed by atoms with Gasteiger partial charge in [-0.25, -0.2) is 0 Å². The first-order valence-corrected chi connectivity index (χ1v) is 11.4. The van der Waals surface area contributed by atoms with Crippen LogP contribution in [0.15, 0.2) is 30.3 Å². The van der Waals surface area contributed by atoms with E-state index in [4.69, 9.17) is 16.6 Å². The molecule has 0 amide bonds. The fourth-order valence-electron chi connectivity index (χ4n) is 2.92. The minimum Gasteiger partial charge on any atom is -0.413 e. The molecule has 1 aliphatic rings. The minimum absolute atomic E-state index is 0.162. The van der Waals surface area contributed by atoms with E-state index in [-0.39, 0.29) is 11.1 Å². The fraction of sp³-hybridized carbons (Fsp3) is 0.611. The Bertz CT molecular complexity index is 538. The van der Waals surface area contributed by atoms with E-state index in [1.165, 1.54) is 5.56 Å². The van der Waals surface area contributed by atoms with Crippen molar-refractivity contribution >= 4 is 25.5 Å². The molecule has 1 heterocycles. The lowest BCUT2D eigenvalue weighted by Gasteiger charge is -2.52. The topological polar surface area (TPSA) is 12.5 Å². The Morgan fingerprint density at radius 1 is 1.18 bits per heavy atom. The molecule has 0 unspecified atom stereocenters. The van der Waals surface area contributed by atoms with Crippen LogP contribution in [0.5, 0.6) is 0 Å². The summed E-state index contributed by atoms with van der Waals surface area (Å²) < 4.78 is 6.60. The highest BCUT2D eigenvalue weighted by Crippen LogP contribution is 2.45. The Morgan fingerprint density at radius 3 is 2.23 bits per heavy atom. The Hall–Kier alpha value is -0.713. The molecule has 1 saturated heterocycles. The summed E-state index contributed by atoms with van der Waals surface area (Å²) in [4.78, 5) is 3.24. The van der Waals surface area contributed by atoms with Gasteiger partial charge in [0.15, 0.2) is 8.32 Å². The van der Waals surface area contributed by atoms with Gasteiger partial charge in [-0.2, -0.15) is 0 Å². The van der Waals surface area contributed by atoms with Crippen molar-refractivity contribution in [1.82, 2.24) is 4.90 Å². The molecular formula is C18H29NOSSi. The van der Waals surface area contributed by atoms with Crippen molar-refractivity contribution in [2.75, 3.05) is 7.05 Å². The van der Waals surface area contributed by atoms with Crippen molar-refractivity contribution in [3.63, 3.8) is 0 Å². The van der Waals surface area contributed by atoms with E-state index in [9.17, 15) is 0 Å². The van der Waals surface area contributed by atoms with Crippen molar-refractivity contribution in [1.29, 1.82) is 0 Å². The zero-order valence-corrected chi connectivity index (χ0v) is 16.7. The van der Waals surface area contributed by atoms with Crippen molar-refractivity contribution in [2.24, 2.45) is 5.92 Å². The third-order valence-electron chi connectivity index (χ3n) is 5.32. The average molecular weight is 336 g/mol. The third kappa shape index (κ3) is 3.14. The van der Waals surface area contributed by atoms with E-state index in [0.717, 1.165) is 4.99 Å². The second-order valence-corrected chi connectivity index (χ2v) is 13.1. The summed E-state index contributed by atoms with van der Waals surface area (Å²) in [7, 11) is 0.319. The van der Waals surface area contributed by atoms with E-state index in [1.54, 1.807) is 0 Å². The molecule has 0 spiro atoms. The van der Waals surface area contributed by atoms with Gasteiger partial charge in [-0.05, 0) is 30.6 Å². The van der Waals surface area contributed by atoms with Crippen LogP contribution in [0.1, 0.15) is 39.3 Å². The lowest BCUT2D eigenvalue weighted by atomic mass is 9.80. The number of hydrogen-bond acceptors (Lipinski definition) is 2. The first kappa shape index (κ1) is 17.6. The monoisotopic (exact) mass is 335 g/mol. The van der Waals surface area contributed by atoms with Crippen LogP contribution in [0.4, 0.5) is 0 Å². The third-order valence-corrected chi connectivity index (χ3v) is 10.5. The molecule has 3 atom stereocenters. The highest BCUT2D eigenvalue weighted by atomic mass is 32.1. The van der Waals surface area contributed by atoms with E-state index < -0.39 is 8.32 Å². The molecular weight excluding hydrogens is 306 g/mol. The predicted molar refractivity (Wildman–Crippen MR) is 101 cm³/mol. The van der Waals surface area contributed by atoms with Gasteiger partial charge in [0.2, 0.25) is 0 Å². The quantitative estimate of drug-likeness (QED) is 0.566. The second kappa shape index (κ2) is 6.06. The van der Waals surface area contributed by atoms with Crippen molar-refractivity contribution in [2.45, 2.75) is 58.0 Å². The first-order valence-electron chi connectivity index (χ1n) is 8.06. The standard InChI is InChI=1S/C18H29NOSSi/c1-13(20-22(6,7)18(2,3)4)15-16(19(5)17(15)21)14-11-9-8-10-12-14/h8-13,15-16H,1-7H3/t13-,15+,16-/m0/s1. The van der Waals surface area contributed by atoms with Gasteiger partial charge in [0, 0.05) is 7.05 Å². The number of thiocarbonyl (C=S) groups is 1. The van der Waals surface area contributed by atoms with Gasteiger partial charge in [-0.15, -0.1) is 0 Å². The highest BCUT2D eigenvalue weighted by Gasteiger charge is 2.48. The summed E-state index contributed by atoms with van der Waals surface area (Å²) >= 11 is 5.62. The van der Waals surface area contributed by atoms with Crippen LogP contribution in [-0.2, 0) is 4.43 Å². The number of nitrogens with zero attached hydrogens (tertiary/aromatic N) is 1. The van der Waals surface area contributed by atoms with E-state index in [2.05, 4.69) is 83.1 Å². The van der Waals surface area contributed by atoms with Crippen molar-refractivity contribution in [3.8, 4) is 0 Å². The molecule has 0 bridgehead atoms. The van der Waals surface area contributed by atoms with E-state index in [0.29, 0.717) is 12.0 Å². The smallest absolute Gasteiger partial charge is 0.192 e. The second-order valence-electron chi connectivity index (χ2n) is 7.91. The Labute approximate surface area is 142 Å². The zero-order chi connectivity index (χ0) is 16.7. The molecule has 1 aliphatic heterocycles. The molecule has 4 heteroatoms. The van der Waals surface area contributed by atoms with Gasteiger partial charge in [-0.1, -0.05) is 63.3 Å². The number of likely N-dealkylation sites (tertiary alicyclic amines) is 1. The summed E-state index contributed by atoms with van der Waals surface area (Å²) in [6, 6.07) is 11.0. The summed E-state index contributed by atoms with van der Waals surface area (Å²) in [5, 5.41) is 0.223. The molecule has 2 rings (SSSR count). The van der Waals surface area contributed by atoms with Crippen LogP contribution in [0, 0.1) is 5.92 Å². The van der Waals surface area contributed by atoms with Crippen LogP contribution >= 0.6 is 12.2 Å². The normalized spacial score (nSPS) is 24.1. The minimum atomic E-state index is -1.77. The largest absolute Gasteiger partial charge is 0.413 e. The van der Waals surface area contributed by atoms with Gasteiger partial charge < -0.3 is 9.33 Å². The van der Waals surface area contributed by atoms with E-state index in [1.807, 2.05) is 0 Å². The van der Waals surface area contributed by atoms with Gasteiger partial charge >= 0.3 is 0 Å². The molecule has 122 valence electrons. The zero-order valence-electron chi connectivity index (χ0n) is 14.9. The van der Waals surface area contributed by atoms with Gasteiger partial charge in [0.1, 0.15) is 0 Å². The molecule has 22 heavy (non-hydrogen) atoms. The van der Waals surface area contributed by atoms with Gasteiger partial charge in [0.25, 0.3) is 0 Å². The van der Waals surface area contributed by atoms with Crippen LogP contribution < -0.4 is 0 Å². The van der Waals surface area contributed by atoms with Gasteiger partial charge in [-0.3, -0.25) is 0 Å². The van der Waals surface area contributed by atoms with Crippen molar-refractivity contribution < 1.29 is 4.43 Å². The molecule has 1 aromatic rings. The molecule has 0 saturated carbocycles. The number of rotatable bonds is 4. The molecule has 1 aromatic carbocycles. The summed E-state index contributed by atoms with van der Waals surface area (Å²) in [5.74, 6) is 0.302. The summed E-state index contributed by atoms with van der Waals surface area (Å²) in [5.41, 5.74) is 1.33. The Morgan fingerprint density at radius 2 is 1.73 bits per heavy atom. The van der Waals surface area contributed by atoms with Crippen LogP contribution in [0.25, 0.3) is 0 Å². The Kier molecular flexibility index (Phi) is 4.86. The predicted octanol–water partition coefficient (Wildman–Crippen LogP) is 5.03. The molecule has 0 aromatic heterocycles. The number of hydrogen-bond donors (Lipinski definition) is 0. The number of benzene rings is 1. The maximum Gasteiger partial charge on any atom is 0.192 e. The molecule has 0 radical (unpaired) electrons. The molecule has 0 N–H and O–H groups in total. The first-order chi connectivity index (χ1) is 10.1. The maximum atomic E-state index is 6.60. The summed E-state index contributed by atoms with van der Waals surface area (Å²) in [6.07, 6.45) is 0.162. The SMILES string of the molecule is C[C@H](O[Si](C)(C)C(C)(C)C)[C@H]1C(=S)N(C)[C@H]1c1ccccc1. The van der Waals surface area contributed by atoms with Gasteiger partial charge in [0.05, 0.1) is 23.1 Å². The van der Waals surface area contributed by atoms with Crippen molar-refractivity contribution in [3.05, 3.63) is 35.9 Å². The van der Waals surface area contributed by atoms with E-state index >= 15 is 0 Å². The van der Waals surface area contributed by atoms with Crippen LogP contribution in [-0.4, -0.2) is 31.4 Å². The molecule has 2 nitrogen and oxygen atoms in total. The lowest BCUT2D eigenvalue weighted by molar-refractivity contribution is 0.0803.